The second-order valence-electron chi connectivity index (χ2n) is 12.3. The van der Waals surface area contributed by atoms with Crippen LogP contribution in [0.3, 0.4) is 0 Å². The molecule has 2 saturated heterocycles. The first kappa shape index (κ1) is 33.0. The van der Waals surface area contributed by atoms with E-state index >= 15 is 0 Å². The van der Waals surface area contributed by atoms with Crippen LogP contribution in [0, 0.1) is 0 Å². The van der Waals surface area contributed by atoms with E-state index in [9.17, 15) is 9.59 Å². The topological polar surface area (TPSA) is 143 Å². The molecule has 4 rings (SSSR count). The third kappa shape index (κ3) is 8.84. The summed E-state index contributed by atoms with van der Waals surface area (Å²) in [5.74, 6) is -0.251. The molecule has 13 heteroatoms. The predicted molar refractivity (Wildman–Crippen MR) is 171 cm³/mol. The summed E-state index contributed by atoms with van der Waals surface area (Å²) in [4.78, 5) is 39.4. The number of likely N-dealkylation sites (tertiary alicyclic amines) is 1. The van der Waals surface area contributed by atoms with Crippen molar-refractivity contribution in [2.45, 2.75) is 77.6 Å². The molecule has 1 atom stereocenters. The minimum Gasteiger partial charge on any atom is -0.444 e. The molecule has 0 bridgehead atoms. The molecule has 1 aromatic carbocycles. The van der Waals surface area contributed by atoms with Gasteiger partial charge in [0.2, 0.25) is 0 Å². The summed E-state index contributed by atoms with van der Waals surface area (Å²) < 4.78 is 5.35. The Morgan fingerprint density at radius 3 is 2.47 bits per heavy atom. The number of anilines is 2. The first-order valence-electron chi connectivity index (χ1n) is 14.9. The van der Waals surface area contributed by atoms with Crippen molar-refractivity contribution in [2.24, 2.45) is 5.73 Å². The van der Waals surface area contributed by atoms with E-state index in [0.717, 1.165) is 64.1 Å². The van der Waals surface area contributed by atoms with E-state index in [-0.39, 0.29) is 16.7 Å². The largest absolute Gasteiger partial charge is 0.444 e. The Morgan fingerprint density at radius 1 is 1.09 bits per heavy atom. The maximum Gasteiger partial charge on any atom is 0.407 e. The summed E-state index contributed by atoms with van der Waals surface area (Å²) in [5.41, 5.74) is 13.0. The number of nitrogens with one attached hydrogen (secondary N) is 1. The van der Waals surface area contributed by atoms with E-state index in [1.807, 2.05) is 32.9 Å². The molecular weight excluding hydrogens is 591 g/mol. The molecule has 236 valence electrons. The number of benzene rings is 1. The Hall–Kier alpha value is -2.86. The normalized spacial score (nSPS) is 18.9. The Labute approximate surface area is 264 Å². The van der Waals surface area contributed by atoms with Crippen LogP contribution in [0.1, 0.15) is 68.6 Å². The average Bonchev–Trinajstić information content (AvgIpc) is 2.94. The van der Waals surface area contributed by atoms with E-state index in [2.05, 4.69) is 43.0 Å². The molecule has 2 fully saturated rings. The summed E-state index contributed by atoms with van der Waals surface area (Å²) in [6.45, 7) is 13.5. The molecule has 3 heterocycles. The van der Waals surface area contributed by atoms with Gasteiger partial charge in [0.25, 0.3) is 5.91 Å². The van der Waals surface area contributed by atoms with E-state index in [0.29, 0.717) is 35.9 Å². The van der Waals surface area contributed by atoms with Crippen molar-refractivity contribution in [3.8, 4) is 0 Å². The van der Waals surface area contributed by atoms with Crippen molar-refractivity contribution >= 4 is 46.8 Å². The van der Waals surface area contributed by atoms with Crippen LogP contribution in [0.15, 0.2) is 18.2 Å². The van der Waals surface area contributed by atoms with Gasteiger partial charge in [-0.2, -0.15) is 0 Å². The number of primary amides is 1. The zero-order valence-corrected chi connectivity index (χ0v) is 27.0. The summed E-state index contributed by atoms with van der Waals surface area (Å²) in [6, 6.07) is 6.86. The van der Waals surface area contributed by atoms with E-state index in [4.69, 9.17) is 39.4 Å². The number of amides is 2. The maximum atomic E-state index is 12.1. The molecule has 11 nitrogen and oxygen atoms in total. The fourth-order valence-electron chi connectivity index (χ4n) is 5.95. The Kier molecular flexibility index (Phi) is 11.0. The van der Waals surface area contributed by atoms with Gasteiger partial charge in [-0.25, -0.2) is 14.8 Å². The van der Waals surface area contributed by atoms with Gasteiger partial charge in [0, 0.05) is 49.8 Å². The lowest BCUT2D eigenvalue weighted by Crippen LogP contribution is -2.58. The van der Waals surface area contributed by atoms with E-state index in [1.54, 1.807) is 0 Å². The number of carbonyl (C=O) groups excluding carboxylic acids is 2. The first-order chi connectivity index (χ1) is 20.3. The second kappa shape index (κ2) is 14.3. The molecule has 0 aliphatic carbocycles. The van der Waals surface area contributed by atoms with Crippen molar-refractivity contribution in [1.29, 1.82) is 0 Å². The van der Waals surface area contributed by atoms with Crippen LogP contribution < -0.4 is 21.7 Å². The van der Waals surface area contributed by atoms with Crippen LogP contribution in [0.5, 0.6) is 0 Å². The molecule has 2 aliphatic rings. The Balaban J connectivity index is 1.31. The SMILES string of the molecule is CC[C@H]1CN(c2nc(N)c(C(N)=O)nc2Cl)CCN1C1CCN(Cc2ccc(Cl)cc2CCNC(=O)OC(C)(C)C)CC1. The number of aromatic nitrogens is 2. The monoisotopic (exact) mass is 634 g/mol. The van der Waals surface area contributed by atoms with Gasteiger partial charge in [-0.1, -0.05) is 36.2 Å². The zero-order chi connectivity index (χ0) is 31.3. The standard InChI is InChI=1S/C30H44Cl2N8O3/c1-5-22-18-39(28-25(32)36-24(27(34)41)26(33)37-28)14-15-40(22)23-9-12-38(13-10-23)17-20-6-7-21(31)16-19(20)8-11-35-29(42)43-30(2,3)4/h6-7,16,22-23H,5,8-15,17-18H2,1-4H3,(H2,33,37)(H2,34,41)(H,35,42)/t22-/m0/s1. The van der Waals surface area contributed by atoms with Gasteiger partial charge in [0.15, 0.2) is 22.5 Å². The summed E-state index contributed by atoms with van der Waals surface area (Å²) in [7, 11) is 0. The van der Waals surface area contributed by atoms with Crippen molar-refractivity contribution in [3.05, 3.63) is 45.2 Å². The molecule has 0 spiro atoms. The van der Waals surface area contributed by atoms with Crippen LogP contribution in [0.4, 0.5) is 16.4 Å². The summed E-state index contributed by atoms with van der Waals surface area (Å²) in [5, 5.41) is 3.68. The lowest BCUT2D eigenvalue weighted by Gasteiger charge is -2.47. The smallest absolute Gasteiger partial charge is 0.407 e. The van der Waals surface area contributed by atoms with Crippen LogP contribution in [0.2, 0.25) is 10.2 Å². The minimum atomic E-state index is -0.747. The van der Waals surface area contributed by atoms with Crippen LogP contribution in [0.25, 0.3) is 0 Å². The number of carbonyl (C=O) groups is 2. The number of ether oxygens (including phenoxy) is 1. The van der Waals surface area contributed by atoms with Gasteiger partial charge >= 0.3 is 6.09 Å². The highest BCUT2D eigenvalue weighted by Crippen LogP contribution is 2.30. The number of piperazine rings is 1. The van der Waals surface area contributed by atoms with E-state index < -0.39 is 17.6 Å². The molecule has 2 aliphatic heterocycles. The van der Waals surface area contributed by atoms with Gasteiger partial charge in [0.05, 0.1) is 0 Å². The fourth-order valence-corrected chi connectivity index (χ4v) is 6.39. The highest BCUT2D eigenvalue weighted by molar-refractivity contribution is 6.32. The number of piperidine rings is 1. The second-order valence-corrected chi connectivity index (χ2v) is 13.1. The molecule has 2 amide bonds. The van der Waals surface area contributed by atoms with E-state index in [1.165, 1.54) is 5.56 Å². The maximum absolute atomic E-state index is 12.1. The van der Waals surface area contributed by atoms with Crippen LogP contribution in [-0.2, 0) is 17.7 Å². The minimum absolute atomic E-state index is 0.00195. The third-order valence-corrected chi connectivity index (χ3v) is 8.54. The Morgan fingerprint density at radius 2 is 1.81 bits per heavy atom. The lowest BCUT2D eigenvalue weighted by atomic mass is 9.97. The molecule has 2 aromatic rings. The fraction of sp³-hybridized carbons (Fsp3) is 0.600. The lowest BCUT2D eigenvalue weighted by molar-refractivity contribution is 0.0528. The number of alkyl carbamates (subject to hydrolysis) is 1. The van der Waals surface area contributed by atoms with Crippen molar-refractivity contribution in [3.63, 3.8) is 0 Å². The van der Waals surface area contributed by atoms with Crippen LogP contribution >= 0.6 is 23.2 Å². The highest BCUT2D eigenvalue weighted by Gasteiger charge is 2.34. The highest BCUT2D eigenvalue weighted by atomic mass is 35.5. The number of nitrogen functional groups attached to an aromatic ring is 1. The average molecular weight is 636 g/mol. The molecule has 5 N–H and O–H groups in total. The zero-order valence-electron chi connectivity index (χ0n) is 25.5. The number of rotatable bonds is 9. The van der Waals surface area contributed by atoms with Gasteiger partial charge in [-0.05, 0) is 82.8 Å². The molecule has 0 saturated carbocycles. The molecule has 43 heavy (non-hydrogen) atoms. The molecule has 1 aromatic heterocycles. The van der Waals surface area contributed by atoms with Gasteiger partial charge in [-0.15, -0.1) is 0 Å². The Bertz CT molecular complexity index is 1300. The number of nitrogens with two attached hydrogens (primary N) is 2. The van der Waals surface area contributed by atoms with Gasteiger partial charge in [0.1, 0.15) is 5.60 Å². The van der Waals surface area contributed by atoms with Crippen molar-refractivity contribution in [1.82, 2.24) is 25.1 Å². The third-order valence-electron chi connectivity index (χ3n) is 8.05. The predicted octanol–water partition coefficient (Wildman–Crippen LogP) is 4.10. The van der Waals surface area contributed by atoms with Gasteiger partial charge in [-0.3, -0.25) is 14.6 Å². The molecule has 0 unspecified atom stereocenters. The molecular formula is C30H44Cl2N8O3. The van der Waals surface area contributed by atoms with Gasteiger partial charge < -0.3 is 26.4 Å². The first-order valence-corrected chi connectivity index (χ1v) is 15.7. The number of halogens is 2. The van der Waals surface area contributed by atoms with Crippen LogP contribution in [-0.4, -0.2) is 88.7 Å². The van der Waals surface area contributed by atoms with Crippen molar-refractivity contribution in [2.75, 3.05) is 49.9 Å². The molecule has 0 radical (unpaired) electrons. The number of hydrogen-bond donors (Lipinski definition) is 3. The van der Waals surface area contributed by atoms with Crippen molar-refractivity contribution < 1.29 is 14.3 Å². The summed E-state index contributed by atoms with van der Waals surface area (Å²) in [6.07, 6.45) is 3.42. The quantitative estimate of drug-likeness (QED) is 0.371. The summed E-state index contributed by atoms with van der Waals surface area (Å²) >= 11 is 12.7. The number of nitrogens with zero attached hydrogens (tertiary/aromatic N) is 5. The number of hydrogen-bond acceptors (Lipinski definition) is 9.